The fraction of sp³-hybridized carbons (Fsp3) is 0.476. The highest BCUT2D eigenvalue weighted by Crippen LogP contribution is 2.17. The van der Waals surface area contributed by atoms with Gasteiger partial charge in [-0.1, -0.05) is 30.3 Å². The zero-order valence-electron chi connectivity index (χ0n) is 17.3. The summed E-state index contributed by atoms with van der Waals surface area (Å²) in [5.41, 5.74) is 2.41. The SMILES string of the molecule is CC(NC(=O)OC(C)(C)C)C(=O)N(C)CCCc1cc(-c2ccccc2)n[nH]1. The van der Waals surface area contributed by atoms with Crippen molar-refractivity contribution in [2.45, 2.75) is 52.2 Å². The van der Waals surface area contributed by atoms with E-state index in [4.69, 9.17) is 4.74 Å². The molecule has 2 aromatic rings. The minimum Gasteiger partial charge on any atom is -0.444 e. The van der Waals surface area contributed by atoms with Crippen LogP contribution in [0.25, 0.3) is 11.3 Å². The van der Waals surface area contributed by atoms with E-state index < -0.39 is 17.7 Å². The highest BCUT2D eigenvalue weighted by molar-refractivity contribution is 5.85. The lowest BCUT2D eigenvalue weighted by molar-refractivity contribution is -0.131. The molecule has 2 amide bonds. The van der Waals surface area contributed by atoms with Gasteiger partial charge in [-0.3, -0.25) is 9.89 Å². The van der Waals surface area contributed by atoms with E-state index in [0.717, 1.165) is 29.8 Å². The Kier molecular flexibility index (Phi) is 7.20. The van der Waals surface area contributed by atoms with E-state index in [0.29, 0.717) is 6.54 Å². The van der Waals surface area contributed by atoms with Gasteiger partial charge in [-0.25, -0.2) is 4.79 Å². The Labute approximate surface area is 166 Å². The second-order valence-electron chi connectivity index (χ2n) is 7.88. The summed E-state index contributed by atoms with van der Waals surface area (Å²) in [6, 6.07) is 11.4. The predicted octanol–water partition coefficient (Wildman–Crippen LogP) is 3.38. The number of hydrogen-bond donors (Lipinski definition) is 2. The van der Waals surface area contributed by atoms with Gasteiger partial charge in [0.15, 0.2) is 0 Å². The molecule has 0 bridgehead atoms. The zero-order chi connectivity index (χ0) is 20.7. The molecule has 1 heterocycles. The number of aromatic nitrogens is 2. The minimum atomic E-state index is -0.642. The normalized spacial score (nSPS) is 12.3. The minimum absolute atomic E-state index is 0.152. The highest BCUT2D eigenvalue weighted by atomic mass is 16.6. The standard InChI is InChI=1S/C21H30N4O3/c1-15(22-20(27)28-21(2,3)4)19(26)25(5)13-9-12-17-14-18(24-23-17)16-10-7-6-8-11-16/h6-8,10-11,14-15H,9,12-13H2,1-5H3,(H,22,27)(H,23,24). The molecule has 2 rings (SSSR count). The first-order valence-electron chi connectivity index (χ1n) is 9.50. The molecule has 0 aliphatic carbocycles. The van der Waals surface area contributed by atoms with Crippen LogP contribution >= 0.6 is 0 Å². The molecule has 0 radical (unpaired) electrons. The number of hydrogen-bond acceptors (Lipinski definition) is 4. The molecule has 0 spiro atoms. The van der Waals surface area contributed by atoms with Crippen molar-refractivity contribution in [3.63, 3.8) is 0 Å². The molecule has 1 unspecified atom stereocenters. The van der Waals surface area contributed by atoms with Crippen LogP contribution in [0.15, 0.2) is 36.4 Å². The second-order valence-corrected chi connectivity index (χ2v) is 7.88. The molecule has 0 fully saturated rings. The number of ether oxygens (including phenoxy) is 1. The Morgan fingerprint density at radius 3 is 2.57 bits per heavy atom. The van der Waals surface area contributed by atoms with Crippen molar-refractivity contribution in [1.82, 2.24) is 20.4 Å². The predicted molar refractivity (Wildman–Crippen MR) is 109 cm³/mol. The number of aryl methyl sites for hydroxylation is 1. The van der Waals surface area contributed by atoms with Crippen molar-refractivity contribution < 1.29 is 14.3 Å². The number of amides is 2. The van der Waals surface area contributed by atoms with Gasteiger partial charge in [0.2, 0.25) is 5.91 Å². The van der Waals surface area contributed by atoms with E-state index in [1.54, 1.807) is 39.6 Å². The summed E-state index contributed by atoms with van der Waals surface area (Å²) in [7, 11) is 1.73. The van der Waals surface area contributed by atoms with E-state index in [9.17, 15) is 9.59 Å². The maximum Gasteiger partial charge on any atom is 0.408 e. The summed E-state index contributed by atoms with van der Waals surface area (Å²) >= 11 is 0. The van der Waals surface area contributed by atoms with E-state index in [2.05, 4.69) is 15.5 Å². The summed E-state index contributed by atoms with van der Waals surface area (Å²) in [4.78, 5) is 25.8. The highest BCUT2D eigenvalue weighted by Gasteiger charge is 2.22. The number of carbonyl (C=O) groups is 2. The first-order chi connectivity index (χ1) is 13.2. The van der Waals surface area contributed by atoms with Crippen molar-refractivity contribution in [2.75, 3.05) is 13.6 Å². The molecule has 0 saturated carbocycles. The molecule has 152 valence electrons. The van der Waals surface area contributed by atoms with Crippen LogP contribution in [-0.4, -0.2) is 52.3 Å². The number of H-pyrrole nitrogens is 1. The van der Waals surface area contributed by atoms with Crippen LogP contribution in [0.4, 0.5) is 4.79 Å². The lowest BCUT2D eigenvalue weighted by Crippen LogP contribution is -2.47. The number of nitrogens with zero attached hydrogens (tertiary/aromatic N) is 2. The largest absolute Gasteiger partial charge is 0.444 e. The molecule has 1 aromatic carbocycles. The van der Waals surface area contributed by atoms with Crippen molar-refractivity contribution in [2.24, 2.45) is 0 Å². The average molecular weight is 386 g/mol. The molecule has 1 aromatic heterocycles. The quantitative estimate of drug-likeness (QED) is 0.764. The van der Waals surface area contributed by atoms with Crippen LogP contribution in [-0.2, 0) is 16.0 Å². The van der Waals surface area contributed by atoms with Gasteiger partial charge in [0, 0.05) is 24.8 Å². The molecule has 1 atom stereocenters. The van der Waals surface area contributed by atoms with E-state index >= 15 is 0 Å². The average Bonchev–Trinajstić information content (AvgIpc) is 3.09. The smallest absolute Gasteiger partial charge is 0.408 e. The van der Waals surface area contributed by atoms with Crippen molar-refractivity contribution in [3.8, 4) is 11.3 Å². The third-order valence-electron chi connectivity index (χ3n) is 4.12. The summed E-state index contributed by atoms with van der Waals surface area (Å²) < 4.78 is 5.18. The molecule has 7 nitrogen and oxygen atoms in total. The molecular weight excluding hydrogens is 356 g/mol. The first kappa shape index (κ1) is 21.5. The molecule has 0 aliphatic rings. The third kappa shape index (κ3) is 6.72. The van der Waals surface area contributed by atoms with Crippen LogP contribution in [0.5, 0.6) is 0 Å². The number of alkyl carbamates (subject to hydrolysis) is 1. The molecule has 0 saturated heterocycles. The maximum absolute atomic E-state index is 12.4. The lowest BCUT2D eigenvalue weighted by Gasteiger charge is -2.24. The Morgan fingerprint density at radius 2 is 1.93 bits per heavy atom. The molecule has 0 aliphatic heterocycles. The number of rotatable bonds is 7. The van der Waals surface area contributed by atoms with Gasteiger partial charge >= 0.3 is 6.09 Å². The van der Waals surface area contributed by atoms with Crippen molar-refractivity contribution in [1.29, 1.82) is 0 Å². The third-order valence-corrected chi connectivity index (χ3v) is 4.12. The van der Waals surface area contributed by atoms with E-state index in [1.807, 2.05) is 36.4 Å². The summed E-state index contributed by atoms with van der Waals surface area (Å²) in [6.07, 6.45) is 0.982. The monoisotopic (exact) mass is 386 g/mol. The lowest BCUT2D eigenvalue weighted by atomic mass is 10.1. The van der Waals surface area contributed by atoms with E-state index in [1.165, 1.54) is 0 Å². The number of benzene rings is 1. The van der Waals surface area contributed by atoms with Crippen molar-refractivity contribution in [3.05, 3.63) is 42.1 Å². The van der Waals surface area contributed by atoms with Gasteiger partial charge in [0.25, 0.3) is 0 Å². The van der Waals surface area contributed by atoms with Crippen LogP contribution in [0.2, 0.25) is 0 Å². The second kappa shape index (κ2) is 9.39. The zero-order valence-corrected chi connectivity index (χ0v) is 17.3. The number of nitrogens with one attached hydrogen (secondary N) is 2. The van der Waals surface area contributed by atoms with Gasteiger partial charge in [0.1, 0.15) is 11.6 Å². The number of likely N-dealkylation sites (N-methyl/N-ethyl adjacent to an activating group) is 1. The first-order valence-corrected chi connectivity index (χ1v) is 9.50. The Hall–Kier alpha value is -2.83. The Bertz CT molecular complexity index is 780. The Morgan fingerprint density at radius 1 is 1.25 bits per heavy atom. The van der Waals surface area contributed by atoms with Gasteiger partial charge in [-0.2, -0.15) is 5.10 Å². The van der Waals surface area contributed by atoms with Crippen LogP contribution in [0.1, 0.15) is 39.8 Å². The van der Waals surface area contributed by atoms with E-state index in [-0.39, 0.29) is 5.91 Å². The topological polar surface area (TPSA) is 87.3 Å². The van der Waals surface area contributed by atoms with Gasteiger partial charge in [-0.05, 0) is 46.6 Å². The molecule has 2 N–H and O–H groups in total. The number of aromatic amines is 1. The van der Waals surface area contributed by atoms with Crippen LogP contribution < -0.4 is 5.32 Å². The number of carbonyl (C=O) groups excluding carboxylic acids is 2. The fourth-order valence-electron chi connectivity index (χ4n) is 2.74. The molecule has 7 heteroatoms. The molecular formula is C21H30N4O3. The summed E-state index contributed by atoms with van der Waals surface area (Å²) in [5, 5.41) is 9.97. The van der Waals surface area contributed by atoms with Gasteiger partial charge in [-0.15, -0.1) is 0 Å². The van der Waals surface area contributed by atoms with Crippen molar-refractivity contribution >= 4 is 12.0 Å². The van der Waals surface area contributed by atoms with Gasteiger partial charge in [0.05, 0.1) is 5.69 Å². The maximum atomic E-state index is 12.4. The van der Waals surface area contributed by atoms with Crippen LogP contribution in [0, 0.1) is 0 Å². The fourth-order valence-corrected chi connectivity index (χ4v) is 2.74. The van der Waals surface area contributed by atoms with Gasteiger partial charge < -0.3 is 15.0 Å². The van der Waals surface area contributed by atoms with Crippen LogP contribution in [0.3, 0.4) is 0 Å². The Balaban J connectivity index is 1.77. The summed E-state index contributed by atoms with van der Waals surface area (Å²) in [6.45, 7) is 7.58. The molecule has 28 heavy (non-hydrogen) atoms. The summed E-state index contributed by atoms with van der Waals surface area (Å²) in [5.74, 6) is -0.152.